The SMILES string of the molecule is COc1ccccc1C1Cc2c(cccc2OC)N=C(C)N1C. The number of nitrogens with zero attached hydrogens (tertiary/aromatic N) is 2. The molecule has 1 atom stereocenters. The molecule has 1 aliphatic heterocycles. The average Bonchev–Trinajstić information content (AvgIpc) is 2.71. The molecule has 0 amide bonds. The van der Waals surface area contributed by atoms with Gasteiger partial charge in [-0.05, 0) is 25.1 Å². The lowest BCUT2D eigenvalue weighted by Crippen LogP contribution is -2.29. The first-order valence-electron chi connectivity index (χ1n) is 7.72. The van der Waals surface area contributed by atoms with Crippen molar-refractivity contribution in [2.75, 3.05) is 21.3 Å². The van der Waals surface area contributed by atoms with Crippen molar-refractivity contribution in [3.8, 4) is 11.5 Å². The van der Waals surface area contributed by atoms with E-state index in [2.05, 4.69) is 18.0 Å². The monoisotopic (exact) mass is 310 g/mol. The van der Waals surface area contributed by atoms with Crippen LogP contribution in [-0.2, 0) is 6.42 Å². The van der Waals surface area contributed by atoms with Crippen molar-refractivity contribution in [3.63, 3.8) is 0 Å². The predicted octanol–water partition coefficient (Wildman–Crippen LogP) is 3.98. The third kappa shape index (κ3) is 2.77. The Kier molecular flexibility index (Phi) is 4.24. The molecule has 0 N–H and O–H groups in total. The second kappa shape index (κ2) is 6.32. The van der Waals surface area contributed by atoms with Gasteiger partial charge in [0.2, 0.25) is 0 Å². The molecule has 0 fully saturated rings. The fourth-order valence-corrected chi connectivity index (χ4v) is 3.12. The van der Waals surface area contributed by atoms with Crippen LogP contribution in [0.25, 0.3) is 0 Å². The number of para-hydroxylation sites is 1. The first-order valence-corrected chi connectivity index (χ1v) is 7.72. The Balaban J connectivity index is 2.13. The van der Waals surface area contributed by atoms with E-state index >= 15 is 0 Å². The van der Waals surface area contributed by atoms with Crippen molar-refractivity contribution in [2.24, 2.45) is 4.99 Å². The van der Waals surface area contributed by atoms with Gasteiger partial charge in [-0.1, -0.05) is 24.3 Å². The Morgan fingerprint density at radius 3 is 2.43 bits per heavy atom. The highest BCUT2D eigenvalue weighted by atomic mass is 16.5. The van der Waals surface area contributed by atoms with Crippen LogP contribution in [0.3, 0.4) is 0 Å². The molecule has 23 heavy (non-hydrogen) atoms. The van der Waals surface area contributed by atoms with Gasteiger partial charge in [-0.3, -0.25) is 0 Å². The zero-order valence-corrected chi connectivity index (χ0v) is 14.0. The summed E-state index contributed by atoms with van der Waals surface area (Å²) in [5, 5.41) is 0. The molecule has 0 aliphatic carbocycles. The zero-order valence-electron chi connectivity index (χ0n) is 14.0. The third-order valence-corrected chi connectivity index (χ3v) is 4.48. The summed E-state index contributed by atoms with van der Waals surface area (Å²) in [6.07, 6.45) is 0.817. The second-order valence-corrected chi connectivity index (χ2v) is 5.69. The molecular formula is C19H22N2O2. The summed E-state index contributed by atoms with van der Waals surface area (Å²) < 4.78 is 11.1. The van der Waals surface area contributed by atoms with E-state index in [-0.39, 0.29) is 6.04 Å². The van der Waals surface area contributed by atoms with Crippen LogP contribution in [0.2, 0.25) is 0 Å². The van der Waals surface area contributed by atoms with E-state index in [1.807, 2.05) is 43.3 Å². The lowest BCUT2D eigenvalue weighted by Gasteiger charge is -2.29. The molecule has 0 saturated heterocycles. The molecule has 2 aromatic carbocycles. The van der Waals surface area contributed by atoms with Gasteiger partial charge in [0.15, 0.2) is 0 Å². The van der Waals surface area contributed by atoms with Crippen LogP contribution in [0, 0.1) is 0 Å². The van der Waals surface area contributed by atoms with Gasteiger partial charge in [0.05, 0.1) is 25.9 Å². The number of benzene rings is 2. The maximum absolute atomic E-state index is 5.57. The number of hydrogen-bond donors (Lipinski definition) is 0. The van der Waals surface area contributed by atoms with Gasteiger partial charge in [0.1, 0.15) is 17.3 Å². The lowest BCUT2D eigenvalue weighted by molar-refractivity contribution is 0.343. The van der Waals surface area contributed by atoms with Crippen molar-refractivity contribution in [1.82, 2.24) is 4.90 Å². The Bertz CT molecular complexity index is 740. The summed E-state index contributed by atoms with van der Waals surface area (Å²) in [5.41, 5.74) is 3.27. The largest absolute Gasteiger partial charge is 0.496 e. The highest BCUT2D eigenvalue weighted by Gasteiger charge is 2.27. The quantitative estimate of drug-likeness (QED) is 0.860. The number of hydrogen-bond acceptors (Lipinski definition) is 4. The minimum absolute atomic E-state index is 0.146. The molecular weight excluding hydrogens is 288 g/mol. The fraction of sp³-hybridized carbons (Fsp3) is 0.316. The zero-order chi connectivity index (χ0) is 16.4. The highest BCUT2D eigenvalue weighted by Crippen LogP contribution is 2.39. The van der Waals surface area contributed by atoms with Crippen LogP contribution in [0.1, 0.15) is 24.1 Å². The number of methoxy groups -OCH3 is 2. The predicted molar refractivity (Wildman–Crippen MR) is 93.0 cm³/mol. The molecule has 1 heterocycles. The van der Waals surface area contributed by atoms with Gasteiger partial charge >= 0.3 is 0 Å². The van der Waals surface area contributed by atoms with Crippen molar-refractivity contribution in [1.29, 1.82) is 0 Å². The maximum atomic E-state index is 5.57. The van der Waals surface area contributed by atoms with Gasteiger partial charge in [0, 0.05) is 24.6 Å². The van der Waals surface area contributed by atoms with Crippen LogP contribution in [0.15, 0.2) is 47.5 Å². The molecule has 4 heteroatoms. The van der Waals surface area contributed by atoms with E-state index in [1.165, 1.54) is 0 Å². The van der Waals surface area contributed by atoms with E-state index in [0.717, 1.165) is 40.6 Å². The van der Waals surface area contributed by atoms with E-state index in [0.29, 0.717) is 0 Å². The van der Waals surface area contributed by atoms with Crippen LogP contribution < -0.4 is 9.47 Å². The standard InChI is InChI=1S/C19H22N2O2/c1-13-20-16-9-7-11-19(23-4)15(16)12-17(21(13)2)14-8-5-6-10-18(14)22-3/h5-11,17H,12H2,1-4H3. The van der Waals surface area contributed by atoms with Crippen LogP contribution in [0.5, 0.6) is 11.5 Å². The maximum Gasteiger partial charge on any atom is 0.124 e. The molecule has 0 bridgehead atoms. The molecule has 3 rings (SSSR count). The van der Waals surface area contributed by atoms with E-state index in [1.54, 1.807) is 14.2 Å². The summed E-state index contributed by atoms with van der Waals surface area (Å²) >= 11 is 0. The number of aliphatic imine (C=N–C) groups is 1. The third-order valence-electron chi connectivity index (χ3n) is 4.48. The average molecular weight is 310 g/mol. The van der Waals surface area contributed by atoms with Crippen LogP contribution >= 0.6 is 0 Å². The summed E-state index contributed by atoms with van der Waals surface area (Å²) in [6.45, 7) is 2.04. The van der Waals surface area contributed by atoms with Gasteiger partial charge < -0.3 is 14.4 Å². The second-order valence-electron chi connectivity index (χ2n) is 5.69. The molecule has 0 aromatic heterocycles. The van der Waals surface area contributed by atoms with Crippen molar-refractivity contribution < 1.29 is 9.47 Å². The molecule has 0 spiro atoms. The normalized spacial score (nSPS) is 17.1. The minimum Gasteiger partial charge on any atom is -0.496 e. The van der Waals surface area contributed by atoms with Crippen molar-refractivity contribution in [3.05, 3.63) is 53.6 Å². The summed E-state index contributed by atoms with van der Waals surface area (Å²) in [4.78, 5) is 6.99. The van der Waals surface area contributed by atoms with E-state index in [9.17, 15) is 0 Å². The number of likely N-dealkylation sites (N-methyl/N-ethyl adjacent to an activating group) is 1. The first kappa shape index (κ1) is 15.4. The Hall–Kier alpha value is -2.49. The van der Waals surface area contributed by atoms with Gasteiger partial charge in [0.25, 0.3) is 0 Å². The number of rotatable bonds is 3. The molecule has 120 valence electrons. The minimum atomic E-state index is 0.146. The summed E-state index contributed by atoms with van der Waals surface area (Å²) in [7, 11) is 5.50. The molecule has 1 aliphatic rings. The first-order chi connectivity index (χ1) is 11.2. The highest BCUT2D eigenvalue weighted by molar-refractivity contribution is 5.84. The number of amidine groups is 1. The van der Waals surface area contributed by atoms with Crippen molar-refractivity contribution in [2.45, 2.75) is 19.4 Å². The van der Waals surface area contributed by atoms with Gasteiger partial charge in [-0.25, -0.2) is 4.99 Å². The Morgan fingerprint density at radius 2 is 1.70 bits per heavy atom. The van der Waals surface area contributed by atoms with Crippen LogP contribution in [0.4, 0.5) is 5.69 Å². The molecule has 4 nitrogen and oxygen atoms in total. The molecule has 0 radical (unpaired) electrons. The number of ether oxygens (including phenoxy) is 2. The van der Waals surface area contributed by atoms with Gasteiger partial charge in [-0.15, -0.1) is 0 Å². The van der Waals surface area contributed by atoms with Crippen LogP contribution in [-0.4, -0.2) is 32.0 Å². The summed E-state index contributed by atoms with van der Waals surface area (Å²) in [6, 6.07) is 14.3. The van der Waals surface area contributed by atoms with E-state index < -0.39 is 0 Å². The lowest BCUT2D eigenvalue weighted by atomic mass is 9.96. The molecule has 1 unspecified atom stereocenters. The topological polar surface area (TPSA) is 34.1 Å². The fourth-order valence-electron chi connectivity index (χ4n) is 3.12. The van der Waals surface area contributed by atoms with E-state index in [4.69, 9.17) is 14.5 Å². The number of fused-ring (bicyclic) bond motifs is 1. The molecule has 2 aromatic rings. The Morgan fingerprint density at radius 1 is 1.00 bits per heavy atom. The molecule has 0 saturated carbocycles. The smallest absolute Gasteiger partial charge is 0.124 e. The Labute approximate surface area is 137 Å². The van der Waals surface area contributed by atoms with Gasteiger partial charge in [-0.2, -0.15) is 0 Å². The summed E-state index contributed by atoms with van der Waals surface area (Å²) in [5.74, 6) is 2.76. The van der Waals surface area contributed by atoms with Crippen molar-refractivity contribution >= 4 is 11.5 Å².